The van der Waals surface area contributed by atoms with E-state index >= 15 is 0 Å². The number of hydrogen-bond donors (Lipinski definition) is 1. The normalized spacial score (nSPS) is 14.5. The van der Waals surface area contributed by atoms with Gasteiger partial charge in [-0.3, -0.25) is 0 Å². The van der Waals surface area contributed by atoms with Gasteiger partial charge < -0.3 is 15.4 Å². The van der Waals surface area contributed by atoms with Crippen molar-refractivity contribution in [3.8, 4) is 11.1 Å². The number of anilines is 1. The number of nitrogens with zero attached hydrogens (tertiary/aromatic N) is 2. The molecule has 0 spiro atoms. The molecular weight excluding hydrogens is 394 g/mol. The quantitative estimate of drug-likeness (QED) is 0.625. The minimum Gasteiger partial charge on any atom is -0.459 e. The Hall–Kier alpha value is -2.15. The number of nitrogens with two attached hydrogens (primary N) is 1. The maximum atomic E-state index is 12.6. The Morgan fingerprint density at radius 3 is 2.82 bits per heavy atom. The van der Waals surface area contributed by atoms with E-state index in [2.05, 4.69) is 11.9 Å². The van der Waals surface area contributed by atoms with E-state index in [0.717, 1.165) is 52.1 Å². The van der Waals surface area contributed by atoms with Crippen molar-refractivity contribution in [2.24, 2.45) is 0 Å². The smallest absolute Gasteiger partial charge is 0.350 e. The first-order valence-electron chi connectivity index (χ1n) is 9.25. The van der Waals surface area contributed by atoms with E-state index in [-0.39, 0.29) is 6.10 Å². The lowest BCUT2D eigenvalue weighted by atomic mass is 9.92. The van der Waals surface area contributed by atoms with Gasteiger partial charge in [-0.05, 0) is 32.5 Å². The number of esters is 1. The molecule has 1 aromatic carbocycles. The molecule has 0 aliphatic carbocycles. The van der Waals surface area contributed by atoms with Crippen LogP contribution in [0.15, 0.2) is 24.3 Å². The molecule has 3 aromatic rings. The number of hydrogen-bond acceptors (Lipinski definition) is 6. The van der Waals surface area contributed by atoms with Gasteiger partial charge >= 0.3 is 5.97 Å². The zero-order valence-electron chi connectivity index (χ0n) is 16.1. The standard InChI is InChI=1S/C21H22ClN3O2S/c1-11(2)27-21(26)19-18(23)17-16(12-6-4-5-7-14(12)22)13-10-25(3)9-8-15(13)24-20(17)28-19/h4-7,11H,8-10,23H2,1-3H3. The number of halogens is 1. The predicted octanol–water partition coefficient (Wildman–Crippen LogP) is 4.75. The minimum absolute atomic E-state index is 0.213. The van der Waals surface area contributed by atoms with Crippen LogP contribution in [0.4, 0.5) is 5.69 Å². The van der Waals surface area contributed by atoms with Crippen molar-refractivity contribution in [2.75, 3.05) is 19.3 Å². The second kappa shape index (κ2) is 7.35. The lowest BCUT2D eigenvalue weighted by Crippen LogP contribution is -2.28. The molecular formula is C21H22ClN3O2S. The fourth-order valence-electron chi connectivity index (χ4n) is 3.64. The number of aromatic nitrogens is 1. The molecule has 0 saturated carbocycles. The maximum absolute atomic E-state index is 12.6. The number of rotatable bonds is 3. The molecule has 0 atom stereocenters. The summed E-state index contributed by atoms with van der Waals surface area (Å²) in [4.78, 5) is 20.9. The Morgan fingerprint density at radius 2 is 2.11 bits per heavy atom. The van der Waals surface area contributed by atoms with Gasteiger partial charge in [0.2, 0.25) is 0 Å². The Morgan fingerprint density at radius 1 is 1.36 bits per heavy atom. The molecule has 0 amide bonds. The molecule has 0 unspecified atom stereocenters. The molecule has 1 aliphatic rings. The highest BCUT2D eigenvalue weighted by atomic mass is 35.5. The molecule has 0 fully saturated rings. The zero-order chi connectivity index (χ0) is 20.0. The molecule has 5 nitrogen and oxygen atoms in total. The maximum Gasteiger partial charge on any atom is 0.350 e. The van der Waals surface area contributed by atoms with Crippen LogP contribution < -0.4 is 5.73 Å². The first-order chi connectivity index (χ1) is 13.4. The number of carbonyl (C=O) groups is 1. The Kier molecular flexibility index (Phi) is 5.04. The Balaban J connectivity index is 2.03. The fraction of sp³-hybridized carbons (Fsp3) is 0.333. The first-order valence-corrected chi connectivity index (χ1v) is 10.4. The third-order valence-electron chi connectivity index (χ3n) is 4.89. The van der Waals surface area contributed by atoms with Crippen molar-refractivity contribution in [1.29, 1.82) is 0 Å². The number of nitrogen functional groups attached to an aromatic ring is 1. The molecule has 3 heterocycles. The second-order valence-corrected chi connectivity index (χ2v) is 8.77. The van der Waals surface area contributed by atoms with Crippen LogP contribution in [0.25, 0.3) is 21.3 Å². The van der Waals surface area contributed by atoms with Gasteiger partial charge in [0, 0.05) is 46.7 Å². The summed E-state index contributed by atoms with van der Waals surface area (Å²) in [5.41, 5.74) is 11.0. The van der Waals surface area contributed by atoms with Gasteiger partial charge in [-0.2, -0.15) is 0 Å². The Bertz CT molecular complexity index is 1080. The Labute approximate surface area is 173 Å². The van der Waals surface area contributed by atoms with Crippen molar-refractivity contribution in [1.82, 2.24) is 9.88 Å². The highest BCUT2D eigenvalue weighted by Gasteiger charge is 2.28. The SMILES string of the molecule is CC(C)OC(=O)c1sc2nc3c(c(-c4ccccc4Cl)c2c1N)CN(C)CC3. The molecule has 0 radical (unpaired) electrons. The van der Waals surface area contributed by atoms with E-state index in [1.807, 2.05) is 38.1 Å². The average Bonchev–Trinajstić information content (AvgIpc) is 2.97. The first kappa shape index (κ1) is 19.2. The van der Waals surface area contributed by atoms with Gasteiger partial charge in [0.25, 0.3) is 0 Å². The molecule has 7 heteroatoms. The van der Waals surface area contributed by atoms with Crippen LogP contribution in [0, 0.1) is 0 Å². The lowest BCUT2D eigenvalue weighted by molar-refractivity contribution is 0.0385. The van der Waals surface area contributed by atoms with E-state index in [9.17, 15) is 4.79 Å². The number of benzene rings is 1. The van der Waals surface area contributed by atoms with Crippen molar-refractivity contribution in [2.45, 2.75) is 32.9 Å². The van der Waals surface area contributed by atoms with Crippen LogP contribution in [0.2, 0.25) is 5.02 Å². The predicted molar refractivity (Wildman–Crippen MR) is 115 cm³/mol. The minimum atomic E-state index is -0.407. The highest BCUT2D eigenvalue weighted by molar-refractivity contribution is 7.21. The molecule has 1 aliphatic heterocycles. The van der Waals surface area contributed by atoms with Gasteiger partial charge in [-0.25, -0.2) is 9.78 Å². The van der Waals surface area contributed by atoms with Gasteiger partial charge in [-0.15, -0.1) is 11.3 Å². The summed E-state index contributed by atoms with van der Waals surface area (Å²) < 4.78 is 5.39. The van der Waals surface area contributed by atoms with E-state index in [1.165, 1.54) is 11.3 Å². The highest BCUT2D eigenvalue weighted by Crippen LogP contribution is 2.45. The van der Waals surface area contributed by atoms with Crippen LogP contribution in [-0.4, -0.2) is 35.5 Å². The zero-order valence-corrected chi connectivity index (χ0v) is 17.7. The number of thiophene rings is 1. The van der Waals surface area contributed by atoms with Gasteiger partial charge in [0.15, 0.2) is 0 Å². The largest absolute Gasteiger partial charge is 0.459 e. The summed E-state index contributed by atoms with van der Waals surface area (Å²) in [5, 5.41) is 1.45. The topological polar surface area (TPSA) is 68.4 Å². The molecule has 2 aromatic heterocycles. The molecule has 28 heavy (non-hydrogen) atoms. The number of likely N-dealkylation sites (N-methyl/N-ethyl adjacent to an activating group) is 1. The molecule has 146 valence electrons. The summed E-state index contributed by atoms with van der Waals surface area (Å²) in [6.07, 6.45) is 0.637. The molecule has 0 bridgehead atoms. The summed E-state index contributed by atoms with van der Waals surface area (Å²) in [7, 11) is 2.09. The molecule has 4 rings (SSSR count). The van der Waals surface area contributed by atoms with Crippen LogP contribution >= 0.6 is 22.9 Å². The number of carbonyl (C=O) groups excluding carboxylic acids is 1. The summed E-state index contributed by atoms with van der Waals surface area (Å²) in [6.45, 7) is 5.35. The van der Waals surface area contributed by atoms with E-state index in [1.54, 1.807) is 0 Å². The fourth-order valence-corrected chi connectivity index (χ4v) is 4.88. The van der Waals surface area contributed by atoms with Gasteiger partial charge in [0.1, 0.15) is 9.71 Å². The summed E-state index contributed by atoms with van der Waals surface area (Å²) >= 11 is 7.86. The van der Waals surface area contributed by atoms with Crippen LogP contribution in [-0.2, 0) is 17.7 Å². The van der Waals surface area contributed by atoms with E-state index in [4.69, 9.17) is 27.1 Å². The summed E-state index contributed by atoms with van der Waals surface area (Å²) in [6, 6.07) is 7.74. The average molecular weight is 416 g/mol. The monoisotopic (exact) mass is 415 g/mol. The second-order valence-electron chi connectivity index (χ2n) is 7.36. The van der Waals surface area contributed by atoms with Crippen LogP contribution in [0.5, 0.6) is 0 Å². The van der Waals surface area contributed by atoms with E-state index in [0.29, 0.717) is 15.6 Å². The van der Waals surface area contributed by atoms with Crippen LogP contribution in [0.3, 0.4) is 0 Å². The van der Waals surface area contributed by atoms with Crippen molar-refractivity contribution >= 4 is 44.8 Å². The van der Waals surface area contributed by atoms with Gasteiger partial charge in [0.05, 0.1) is 11.8 Å². The molecule has 0 saturated heterocycles. The number of ether oxygens (including phenoxy) is 1. The lowest BCUT2D eigenvalue weighted by Gasteiger charge is -2.27. The third kappa shape index (κ3) is 3.26. The van der Waals surface area contributed by atoms with Crippen molar-refractivity contribution in [3.63, 3.8) is 0 Å². The van der Waals surface area contributed by atoms with Crippen molar-refractivity contribution < 1.29 is 9.53 Å². The van der Waals surface area contributed by atoms with Gasteiger partial charge in [-0.1, -0.05) is 29.8 Å². The third-order valence-corrected chi connectivity index (χ3v) is 6.30. The van der Waals surface area contributed by atoms with E-state index < -0.39 is 5.97 Å². The van der Waals surface area contributed by atoms with Crippen LogP contribution in [0.1, 0.15) is 34.8 Å². The molecule has 2 N–H and O–H groups in total. The summed E-state index contributed by atoms with van der Waals surface area (Å²) in [5.74, 6) is -0.407. The number of fused-ring (bicyclic) bond motifs is 2. The van der Waals surface area contributed by atoms with Crippen molar-refractivity contribution in [3.05, 3.63) is 45.4 Å². The number of pyridine rings is 1.